The predicted octanol–water partition coefficient (Wildman–Crippen LogP) is 2.63. The maximum absolute atomic E-state index is 11.6. The Kier molecular flexibility index (Phi) is 4.40. The Hall–Kier alpha value is -2.30. The minimum Gasteiger partial charge on any atom is -0.379 e. The Morgan fingerprint density at radius 1 is 1.25 bits per heavy atom. The van der Waals surface area contributed by atoms with Crippen molar-refractivity contribution in [3.8, 4) is 0 Å². The van der Waals surface area contributed by atoms with Crippen molar-refractivity contribution in [1.82, 2.24) is 9.55 Å². The average molecular weight is 272 g/mol. The molecule has 0 saturated carbocycles. The third-order valence-electron chi connectivity index (χ3n) is 3.07. The summed E-state index contributed by atoms with van der Waals surface area (Å²) in [6.45, 7) is 4.46. The molecule has 0 aliphatic carbocycles. The molecule has 20 heavy (non-hydrogen) atoms. The van der Waals surface area contributed by atoms with Gasteiger partial charge in [0, 0.05) is 30.5 Å². The van der Waals surface area contributed by atoms with Crippen LogP contribution < -0.4 is 10.6 Å². The van der Waals surface area contributed by atoms with Gasteiger partial charge in [0.2, 0.25) is 5.91 Å². The Morgan fingerprint density at radius 3 is 2.45 bits per heavy atom. The van der Waals surface area contributed by atoms with E-state index in [-0.39, 0.29) is 11.8 Å². The molecule has 0 unspecified atom stereocenters. The quantitative estimate of drug-likeness (QED) is 0.879. The number of rotatable bonds is 5. The molecule has 0 atom stereocenters. The van der Waals surface area contributed by atoms with Gasteiger partial charge in [0.05, 0.1) is 18.6 Å². The summed E-state index contributed by atoms with van der Waals surface area (Å²) in [5.74, 6) is 0.0123. The van der Waals surface area contributed by atoms with Gasteiger partial charge >= 0.3 is 0 Å². The van der Waals surface area contributed by atoms with Crippen LogP contribution in [0.2, 0.25) is 0 Å². The monoisotopic (exact) mass is 272 g/mol. The first-order valence-electron chi connectivity index (χ1n) is 6.66. The molecule has 0 fully saturated rings. The zero-order chi connectivity index (χ0) is 14.5. The first-order chi connectivity index (χ1) is 9.56. The zero-order valence-electron chi connectivity index (χ0n) is 12.1. The first-order valence-corrected chi connectivity index (χ1v) is 6.66. The van der Waals surface area contributed by atoms with E-state index >= 15 is 0 Å². The molecule has 0 radical (unpaired) electrons. The van der Waals surface area contributed by atoms with Gasteiger partial charge in [-0.05, 0) is 24.3 Å². The SMILES string of the molecule is CC(C)C(=O)Nc1ccc(NCc2cncn2C)cc1. The molecule has 0 spiro atoms. The number of nitrogens with zero attached hydrogens (tertiary/aromatic N) is 2. The van der Waals surface area contributed by atoms with E-state index in [9.17, 15) is 4.79 Å². The minimum absolute atomic E-state index is 0.0161. The lowest BCUT2D eigenvalue weighted by molar-refractivity contribution is -0.118. The van der Waals surface area contributed by atoms with Crippen LogP contribution in [0.1, 0.15) is 19.5 Å². The first kappa shape index (κ1) is 14.1. The van der Waals surface area contributed by atoms with Gasteiger partial charge in [-0.3, -0.25) is 4.79 Å². The third kappa shape index (κ3) is 3.60. The van der Waals surface area contributed by atoms with Crippen molar-refractivity contribution < 1.29 is 4.79 Å². The van der Waals surface area contributed by atoms with Gasteiger partial charge in [0.15, 0.2) is 0 Å². The number of aromatic nitrogens is 2. The molecule has 2 rings (SSSR count). The van der Waals surface area contributed by atoms with Gasteiger partial charge in [0.25, 0.3) is 0 Å². The molecule has 1 aromatic heterocycles. The molecule has 0 aliphatic rings. The van der Waals surface area contributed by atoms with Crippen molar-refractivity contribution in [2.75, 3.05) is 10.6 Å². The van der Waals surface area contributed by atoms with E-state index in [1.807, 2.05) is 55.9 Å². The van der Waals surface area contributed by atoms with Crippen LogP contribution in [0.15, 0.2) is 36.8 Å². The Morgan fingerprint density at radius 2 is 1.90 bits per heavy atom. The molecule has 2 aromatic rings. The highest BCUT2D eigenvalue weighted by Gasteiger charge is 2.06. The second-order valence-electron chi connectivity index (χ2n) is 5.07. The molecule has 1 heterocycles. The number of hydrogen-bond acceptors (Lipinski definition) is 3. The van der Waals surface area contributed by atoms with Crippen LogP contribution in [-0.4, -0.2) is 15.5 Å². The van der Waals surface area contributed by atoms with Gasteiger partial charge in [-0.25, -0.2) is 4.98 Å². The predicted molar refractivity (Wildman–Crippen MR) is 80.4 cm³/mol. The van der Waals surface area contributed by atoms with Crippen LogP contribution in [0.25, 0.3) is 0 Å². The van der Waals surface area contributed by atoms with E-state index < -0.39 is 0 Å². The highest BCUT2D eigenvalue weighted by molar-refractivity contribution is 5.92. The zero-order valence-corrected chi connectivity index (χ0v) is 12.1. The fraction of sp³-hybridized carbons (Fsp3) is 0.333. The topological polar surface area (TPSA) is 59.0 Å². The van der Waals surface area contributed by atoms with Crippen molar-refractivity contribution >= 4 is 17.3 Å². The summed E-state index contributed by atoms with van der Waals surface area (Å²) in [6.07, 6.45) is 3.62. The molecular weight excluding hydrogens is 252 g/mol. The Balaban J connectivity index is 1.91. The number of benzene rings is 1. The molecule has 5 nitrogen and oxygen atoms in total. The minimum atomic E-state index is -0.0161. The van der Waals surface area contributed by atoms with Crippen LogP contribution in [0, 0.1) is 5.92 Å². The van der Waals surface area contributed by atoms with Crippen LogP contribution in [0.4, 0.5) is 11.4 Å². The number of amides is 1. The van der Waals surface area contributed by atoms with Crippen molar-refractivity contribution in [3.63, 3.8) is 0 Å². The number of imidazole rings is 1. The number of nitrogens with one attached hydrogen (secondary N) is 2. The molecule has 5 heteroatoms. The summed E-state index contributed by atoms with van der Waals surface area (Å²) in [4.78, 5) is 15.7. The summed E-state index contributed by atoms with van der Waals surface area (Å²) >= 11 is 0. The standard InChI is InChI=1S/C15H20N4O/c1-11(2)15(20)18-13-6-4-12(5-7-13)17-9-14-8-16-10-19(14)3/h4-8,10-11,17H,9H2,1-3H3,(H,18,20). The number of aryl methyl sites for hydroxylation is 1. The third-order valence-corrected chi connectivity index (χ3v) is 3.07. The van der Waals surface area contributed by atoms with Crippen LogP contribution >= 0.6 is 0 Å². The lowest BCUT2D eigenvalue weighted by Crippen LogP contribution is -2.17. The van der Waals surface area contributed by atoms with Crippen LogP contribution in [-0.2, 0) is 18.4 Å². The molecule has 1 aromatic carbocycles. The highest BCUT2D eigenvalue weighted by Crippen LogP contribution is 2.15. The van der Waals surface area contributed by atoms with E-state index in [4.69, 9.17) is 0 Å². The fourth-order valence-corrected chi connectivity index (χ4v) is 1.71. The largest absolute Gasteiger partial charge is 0.379 e. The van der Waals surface area contributed by atoms with Crippen molar-refractivity contribution in [1.29, 1.82) is 0 Å². The van der Waals surface area contributed by atoms with Gasteiger partial charge in [-0.1, -0.05) is 13.8 Å². The summed E-state index contributed by atoms with van der Waals surface area (Å²) in [6, 6.07) is 7.69. The lowest BCUT2D eigenvalue weighted by atomic mass is 10.2. The molecule has 0 aliphatic heterocycles. The van der Waals surface area contributed by atoms with E-state index in [0.29, 0.717) is 6.54 Å². The van der Waals surface area contributed by atoms with E-state index in [1.54, 1.807) is 6.33 Å². The second kappa shape index (κ2) is 6.23. The van der Waals surface area contributed by atoms with Crippen molar-refractivity contribution in [3.05, 3.63) is 42.5 Å². The van der Waals surface area contributed by atoms with E-state index in [2.05, 4.69) is 15.6 Å². The smallest absolute Gasteiger partial charge is 0.226 e. The van der Waals surface area contributed by atoms with Gasteiger partial charge in [-0.2, -0.15) is 0 Å². The molecular formula is C15H20N4O. The number of carbonyl (C=O) groups is 1. The summed E-state index contributed by atoms with van der Waals surface area (Å²) in [7, 11) is 1.97. The Bertz CT molecular complexity index is 572. The lowest BCUT2D eigenvalue weighted by Gasteiger charge is -2.10. The second-order valence-corrected chi connectivity index (χ2v) is 5.07. The molecule has 2 N–H and O–H groups in total. The number of hydrogen-bond donors (Lipinski definition) is 2. The molecule has 0 saturated heterocycles. The number of anilines is 2. The highest BCUT2D eigenvalue weighted by atomic mass is 16.1. The van der Waals surface area contributed by atoms with Gasteiger partial charge in [0.1, 0.15) is 0 Å². The average Bonchev–Trinajstić information content (AvgIpc) is 2.83. The Labute approximate surface area is 119 Å². The number of carbonyl (C=O) groups excluding carboxylic acids is 1. The maximum Gasteiger partial charge on any atom is 0.226 e. The van der Waals surface area contributed by atoms with Crippen molar-refractivity contribution in [2.24, 2.45) is 13.0 Å². The molecule has 1 amide bonds. The molecule has 106 valence electrons. The van der Waals surface area contributed by atoms with Crippen LogP contribution in [0.5, 0.6) is 0 Å². The van der Waals surface area contributed by atoms with Crippen LogP contribution in [0.3, 0.4) is 0 Å². The van der Waals surface area contributed by atoms with Crippen molar-refractivity contribution in [2.45, 2.75) is 20.4 Å². The van der Waals surface area contributed by atoms with Gasteiger partial charge < -0.3 is 15.2 Å². The normalized spacial score (nSPS) is 10.6. The van der Waals surface area contributed by atoms with E-state index in [0.717, 1.165) is 17.1 Å². The fourth-order valence-electron chi connectivity index (χ4n) is 1.71. The summed E-state index contributed by atoms with van der Waals surface area (Å²) in [5, 5.41) is 6.18. The van der Waals surface area contributed by atoms with Gasteiger partial charge in [-0.15, -0.1) is 0 Å². The summed E-state index contributed by atoms with van der Waals surface area (Å²) < 4.78 is 1.98. The molecule has 0 bridgehead atoms. The maximum atomic E-state index is 11.6. The summed E-state index contributed by atoms with van der Waals surface area (Å²) in [5.41, 5.74) is 2.94. The van der Waals surface area contributed by atoms with E-state index in [1.165, 1.54) is 0 Å².